The Labute approximate surface area is 222 Å². The molecular weight excluding hydrogens is 513 g/mol. The number of amides is 1. The van der Waals surface area contributed by atoms with Crippen LogP contribution in [0.5, 0.6) is 0 Å². The molecule has 1 amide bonds. The number of carbonyl (C=O) groups is 1. The van der Waals surface area contributed by atoms with E-state index in [0.717, 1.165) is 48.6 Å². The van der Waals surface area contributed by atoms with E-state index < -0.39 is 26.7 Å². The van der Waals surface area contributed by atoms with Gasteiger partial charge in [-0.1, -0.05) is 19.6 Å². The van der Waals surface area contributed by atoms with Crippen molar-refractivity contribution >= 4 is 30.7 Å². The largest absolute Gasteiger partial charge is 0.406 e. The summed E-state index contributed by atoms with van der Waals surface area (Å²) in [7, 11) is -1.22. The molecule has 1 N–H and O–H groups in total. The highest BCUT2D eigenvalue weighted by molar-refractivity contribution is 6.76. The van der Waals surface area contributed by atoms with Crippen LogP contribution in [0.25, 0.3) is 11.0 Å². The molecule has 0 unspecified atom stereocenters. The Hall–Kier alpha value is -2.62. The minimum absolute atomic E-state index is 0.00625. The summed E-state index contributed by atoms with van der Waals surface area (Å²) in [5, 5.41) is 12.7. The van der Waals surface area contributed by atoms with Crippen LogP contribution < -0.4 is 10.2 Å². The molecule has 2 aromatic heterocycles. The maximum absolute atomic E-state index is 13.4. The fourth-order valence-corrected chi connectivity index (χ4v) is 6.11. The van der Waals surface area contributed by atoms with Crippen molar-refractivity contribution in [3.63, 3.8) is 0 Å². The molecule has 2 aromatic rings. The van der Waals surface area contributed by atoms with Crippen LogP contribution in [0.4, 0.5) is 18.9 Å². The van der Waals surface area contributed by atoms with Crippen LogP contribution in [0.2, 0.25) is 25.7 Å². The predicted molar refractivity (Wildman–Crippen MR) is 143 cm³/mol. The van der Waals surface area contributed by atoms with E-state index in [9.17, 15) is 18.0 Å². The van der Waals surface area contributed by atoms with E-state index in [1.54, 1.807) is 0 Å². The maximum atomic E-state index is 13.4. The summed E-state index contributed by atoms with van der Waals surface area (Å²) in [4.78, 5) is 20.5. The monoisotopic (exact) mass is 550 g/mol. The first-order valence-electron chi connectivity index (χ1n) is 13.2. The van der Waals surface area contributed by atoms with Crippen molar-refractivity contribution in [2.75, 3.05) is 37.8 Å². The van der Waals surface area contributed by atoms with Gasteiger partial charge in [-0.25, -0.2) is 4.98 Å². The Balaban J connectivity index is 1.59. The lowest BCUT2D eigenvalue weighted by molar-refractivity contribution is -0.141. The fraction of sp³-hybridized carbons (Fsp3) is 0.654. The number of ether oxygens (including phenoxy) is 1. The molecule has 3 heterocycles. The van der Waals surface area contributed by atoms with Gasteiger partial charge in [-0.15, -0.1) is 0 Å². The van der Waals surface area contributed by atoms with E-state index in [1.165, 1.54) is 6.20 Å². The standard InChI is InChI=1S/C26H37F3N6O2Si/c1-38(2,3)13-12-37-18-33-11-8-21-23-22(15-32-24(21)33)25(36)34(16-26(27,28)29)17-35(23)20-6-4-19(5-7-20)14-31-10-9-30/h8,11,15,19-20,31H,4-7,10,12-14,16-18H2,1-3H3/t19-,20-. The summed E-state index contributed by atoms with van der Waals surface area (Å²) in [6.45, 7) is 7.52. The number of fused-ring (bicyclic) bond motifs is 3. The summed E-state index contributed by atoms with van der Waals surface area (Å²) in [6, 6.07) is 5.02. The van der Waals surface area contributed by atoms with Crippen LogP contribution >= 0.6 is 0 Å². The highest BCUT2D eigenvalue weighted by Crippen LogP contribution is 2.40. The number of carbonyl (C=O) groups excluding carboxylic acids is 1. The van der Waals surface area contributed by atoms with Gasteiger partial charge in [0.1, 0.15) is 18.9 Å². The minimum atomic E-state index is -4.49. The molecule has 2 aliphatic rings. The third-order valence-electron chi connectivity index (χ3n) is 7.38. The molecule has 0 aromatic carbocycles. The molecule has 4 rings (SSSR count). The molecule has 0 bridgehead atoms. The molecular formula is C26H37F3N6O2Si. The summed E-state index contributed by atoms with van der Waals surface area (Å²) < 4.78 is 47.9. The molecule has 0 atom stereocenters. The van der Waals surface area contributed by atoms with Crippen LogP contribution in [0.3, 0.4) is 0 Å². The second kappa shape index (κ2) is 11.6. The molecule has 1 saturated carbocycles. The number of hydrogen-bond acceptors (Lipinski definition) is 6. The molecule has 0 saturated heterocycles. The van der Waals surface area contributed by atoms with Crippen molar-refractivity contribution in [2.24, 2.45) is 5.92 Å². The molecule has 1 aliphatic carbocycles. The first-order chi connectivity index (χ1) is 18.0. The molecule has 0 radical (unpaired) electrons. The average molecular weight is 551 g/mol. The zero-order chi connectivity index (χ0) is 27.5. The number of alkyl halides is 3. The number of nitrogens with zero attached hydrogens (tertiary/aromatic N) is 5. The highest BCUT2D eigenvalue weighted by atomic mass is 28.3. The maximum Gasteiger partial charge on any atom is 0.406 e. The highest BCUT2D eigenvalue weighted by Gasteiger charge is 2.41. The number of anilines is 1. The van der Waals surface area contributed by atoms with Crippen molar-refractivity contribution < 1.29 is 22.7 Å². The smallest absolute Gasteiger partial charge is 0.361 e. The quantitative estimate of drug-likeness (QED) is 0.260. The van der Waals surface area contributed by atoms with E-state index in [0.29, 0.717) is 37.1 Å². The summed E-state index contributed by atoms with van der Waals surface area (Å²) in [6.07, 6.45) is 2.22. The Morgan fingerprint density at radius 2 is 1.97 bits per heavy atom. The van der Waals surface area contributed by atoms with Crippen LogP contribution in [-0.4, -0.2) is 73.6 Å². The molecule has 1 fully saturated rings. The third kappa shape index (κ3) is 6.87. The van der Waals surface area contributed by atoms with Gasteiger partial charge in [0.05, 0.1) is 30.5 Å². The summed E-state index contributed by atoms with van der Waals surface area (Å²) >= 11 is 0. The van der Waals surface area contributed by atoms with E-state index in [-0.39, 0.29) is 18.3 Å². The molecule has 12 heteroatoms. The Kier molecular flexibility index (Phi) is 8.69. The number of nitriles is 1. The minimum Gasteiger partial charge on any atom is -0.361 e. The fourth-order valence-electron chi connectivity index (χ4n) is 5.35. The second-order valence-electron chi connectivity index (χ2n) is 11.6. The molecule has 208 valence electrons. The van der Waals surface area contributed by atoms with Crippen molar-refractivity contribution in [3.05, 3.63) is 24.0 Å². The van der Waals surface area contributed by atoms with E-state index >= 15 is 0 Å². The van der Waals surface area contributed by atoms with Gasteiger partial charge >= 0.3 is 6.18 Å². The summed E-state index contributed by atoms with van der Waals surface area (Å²) in [5.74, 6) is -0.222. The number of rotatable bonds is 10. The van der Waals surface area contributed by atoms with Crippen LogP contribution in [0.1, 0.15) is 36.0 Å². The van der Waals surface area contributed by atoms with E-state index in [2.05, 4.69) is 36.0 Å². The van der Waals surface area contributed by atoms with Gasteiger partial charge in [-0.2, -0.15) is 18.4 Å². The van der Waals surface area contributed by atoms with Gasteiger partial charge in [0.15, 0.2) is 0 Å². The Morgan fingerprint density at radius 1 is 1.24 bits per heavy atom. The second-order valence-corrected chi connectivity index (χ2v) is 17.2. The molecule has 8 nitrogen and oxygen atoms in total. The number of hydrogen-bond donors (Lipinski definition) is 1. The lowest BCUT2D eigenvalue weighted by Crippen LogP contribution is -2.54. The van der Waals surface area contributed by atoms with E-state index in [4.69, 9.17) is 10.00 Å². The zero-order valence-electron chi connectivity index (χ0n) is 22.4. The number of halogens is 3. The number of nitrogens with one attached hydrogen (secondary N) is 1. The topological polar surface area (TPSA) is 86.4 Å². The van der Waals surface area contributed by atoms with Crippen LogP contribution in [0.15, 0.2) is 18.5 Å². The lowest BCUT2D eigenvalue weighted by atomic mass is 9.84. The van der Waals surface area contributed by atoms with Crippen molar-refractivity contribution in [2.45, 2.75) is 70.3 Å². The Morgan fingerprint density at radius 3 is 2.63 bits per heavy atom. The first kappa shape index (κ1) is 28.4. The average Bonchev–Trinajstić information content (AvgIpc) is 3.26. The summed E-state index contributed by atoms with van der Waals surface area (Å²) in [5.41, 5.74) is 1.54. The zero-order valence-corrected chi connectivity index (χ0v) is 23.4. The Bertz CT molecular complexity index is 1160. The molecule has 1 aliphatic heterocycles. The van der Waals surface area contributed by atoms with Gasteiger partial charge in [-0.05, 0) is 50.3 Å². The van der Waals surface area contributed by atoms with Gasteiger partial charge in [0.2, 0.25) is 0 Å². The number of pyridine rings is 1. The number of aromatic nitrogens is 2. The van der Waals surface area contributed by atoms with Crippen molar-refractivity contribution in [1.82, 2.24) is 19.8 Å². The molecule has 0 spiro atoms. The lowest BCUT2D eigenvalue weighted by Gasteiger charge is -2.45. The first-order valence-corrected chi connectivity index (χ1v) is 16.9. The van der Waals surface area contributed by atoms with E-state index in [1.807, 2.05) is 21.7 Å². The van der Waals surface area contributed by atoms with Gasteiger partial charge < -0.3 is 24.4 Å². The van der Waals surface area contributed by atoms with Gasteiger partial charge in [0.25, 0.3) is 5.91 Å². The van der Waals surface area contributed by atoms with Crippen LogP contribution in [0, 0.1) is 17.2 Å². The molecule has 38 heavy (non-hydrogen) atoms. The SMILES string of the molecule is C[Si](C)(C)CCOCn1ccc2c3c(cnc21)C(=O)N(CC(F)(F)F)CN3[C@H]1CC[C@H](CNCC#N)CC1. The van der Waals surface area contributed by atoms with Crippen LogP contribution in [-0.2, 0) is 11.5 Å². The van der Waals surface area contributed by atoms with Crippen molar-refractivity contribution in [3.8, 4) is 6.07 Å². The van der Waals surface area contributed by atoms with Gasteiger partial charge in [-0.3, -0.25) is 4.79 Å². The predicted octanol–water partition coefficient (Wildman–Crippen LogP) is 4.80. The third-order valence-corrected chi connectivity index (χ3v) is 9.08. The normalized spacial score (nSPS) is 20.6. The van der Waals surface area contributed by atoms with Crippen molar-refractivity contribution in [1.29, 1.82) is 5.26 Å². The van der Waals surface area contributed by atoms with Gasteiger partial charge in [0, 0.05) is 38.5 Å².